The minimum atomic E-state index is -0.694. The van der Waals surface area contributed by atoms with Crippen LogP contribution in [-0.2, 0) is 4.79 Å². The fourth-order valence-electron chi connectivity index (χ4n) is 1.91. The Labute approximate surface area is 137 Å². The molecule has 1 heterocycles. The molecule has 0 aliphatic heterocycles. The number of hydrogen-bond donors (Lipinski definition) is 1. The minimum absolute atomic E-state index is 0.109. The molecule has 0 spiro atoms. The molecular weight excluding hydrogens is 312 g/mol. The molecule has 0 saturated carbocycles. The summed E-state index contributed by atoms with van der Waals surface area (Å²) in [5.74, 6) is -0.445. The molecule has 0 radical (unpaired) electrons. The molecule has 2 aromatic rings. The van der Waals surface area contributed by atoms with Gasteiger partial charge in [0, 0.05) is 23.8 Å². The molecule has 8 heteroatoms. The second-order valence-corrected chi connectivity index (χ2v) is 4.60. The smallest absolute Gasteiger partial charge is 0.271 e. The van der Waals surface area contributed by atoms with Crippen LogP contribution < -0.4 is 15.0 Å². The number of ether oxygens (including phenoxy) is 1. The summed E-state index contributed by atoms with van der Waals surface area (Å²) >= 11 is 0. The highest BCUT2D eigenvalue weighted by atomic mass is 16.6. The van der Waals surface area contributed by atoms with Gasteiger partial charge in [-0.2, -0.15) is 5.26 Å². The number of H-pyrrole nitrogens is 1. The van der Waals surface area contributed by atoms with Gasteiger partial charge in [-0.3, -0.25) is 14.9 Å². The number of nitrogens with one attached hydrogen (secondary N) is 2. The van der Waals surface area contributed by atoms with Crippen LogP contribution in [0.5, 0.6) is 5.75 Å². The molecule has 0 aliphatic rings. The summed E-state index contributed by atoms with van der Waals surface area (Å²) in [6.45, 7) is 0. The van der Waals surface area contributed by atoms with E-state index in [9.17, 15) is 20.2 Å². The first kappa shape index (κ1) is 16.6. The molecule has 120 valence electrons. The number of non-ortho nitro benzene ring substituents is 1. The van der Waals surface area contributed by atoms with Gasteiger partial charge in [-0.05, 0) is 18.2 Å². The van der Waals surface area contributed by atoms with Crippen molar-refractivity contribution in [3.63, 3.8) is 0 Å². The van der Waals surface area contributed by atoms with Crippen molar-refractivity contribution < 1.29 is 19.4 Å². The SMILES string of the molecule is COc1ccc([N+](=O)[O-])cc1NC(=O)C(C#N)=Cc1ccc[nH+]c1. The number of nitro benzene ring substituents is 1. The van der Waals surface area contributed by atoms with Gasteiger partial charge in [-0.15, -0.1) is 0 Å². The number of aromatic nitrogens is 1. The summed E-state index contributed by atoms with van der Waals surface area (Å²) in [7, 11) is 1.37. The number of nitro groups is 1. The monoisotopic (exact) mass is 325 g/mol. The maximum absolute atomic E-state index is 12.3. The van der Waals surface area contributed by atoms with Gasteiger partial charge in [0.25, 0.3) is 11.6 Å². The van der Waals surface area contributed by atoms with Crippen LogP contribution in [0.1, 0.15) is 5.56 Å². The number of carbonyl (C=O) groups excluding carboxylic acids is 1. The van der Waals surface area contributed by atoms with Gasteiger partial charge in [-0.1, -0.05) is 0 Å². The average Bonchev–Trinajstić information content (AvgIpc) is 2.60. The molecule has 2 N–H and O–H groups in total. The number of nitrogens with zero attached hydrogens (tertiary/aromatic N) is 2. The standard InChI is InChI=1S/C16H12N4O4/c1-24-15-5-4-13(20(22)23)8-14(15)19-16(21)12(9-17)7-11-3-2-6-18-10-11/h2-8,10H,1H3,(H,19,21)/p+1. The average molecular weight is 325 g/mol. The number of methoxy groups -OCH3 is 1. The van der Waals surface area contributed by atoms with Crippen LogP contribution in [0.2, 0.25) is 0 Å². The number of rotatable bonds is 5. The molecule has 0 saturated heterocycles. The van der Waals surface area contributed by atoms with Crippen molar-refractivity contribution in [1.82, 2.24) is 0 Å². The Morgan fingerprint density at radius 2 is 2.25 bits per heavy atom. The van der Waals surface area contributed by atoms with Gasteiger partial charge in [-0.25, -0.2) is 4.98 Å². The molecule has 0 bridgehead atoms. The van der Waals surface area contributed by atoms with E-state index >= 15 is 0 Å². The van der Waals surface area contributed by atoms with Crippen LogP contribution in [0.4, 0.5) is 11.4 Å². The molecule has 24 heavy (non-hydrogen) atoms. The van der Waals surface area contributed by atoms with Crippen LogP contribution in [0, 0.1) is 21.4 Å². The molecule has 2 rings (SSSR count). The van der Waals surface area contributed by atoms with Crippen molar-refractivity contribution in [2.45, 2.75) is 0 Å². The molecule has 1 aromatic heterocycles. The lowest BCUT2D eigenvalue weighted by molar-refractivity contribution is -0.384. The molecule has 8 nitrogen and oxygen atoms in total. The van der Waals surface area contributed by atoms with Crippen LogP contribution in [0.25, 0.3) is 6.08 Å². The maximum atomic E-state index is 12.3. The number of nitriles is 1. The van der Waals surface area contributed by atoms with E-state index in [-0.39, 0.29) is 22.7 Å². The Balaban J connectivity index is 2.31. The summed E-state index contributed by atoms with van der Waals surface area (Å²) in [5.41, 5.74) is 0.391. The van der Waals surface area contributed by atoms with E-state index in [0.29, 0.717) is 5.56 Å². The van der Waals surface area contributed by atoms with E-state index in [0.717, 1.165) is 0 Å². The molecule has 0 fully saturated rings. The number of benzene rings is 1. The summed E-state index contributed by atoms with van der Waals surface area (Å²) in [6, 6.07) is 9.05. The largest absolute Gasteiger partial charge is 0.495 e. The van der Waals surface area contributed by atoms with Crippen molar-refractivity contribution in [2.75, 3.05) is 12.4 Å². The molecule has 1 aromatic carbocycles. The Morgan fingerprint density at radius 3 is 2.83 bits per heavy atom. The quantitative estimate of drug-likeness (QED) is 0.390. The second kappa shape index (κ2) is 7.51. The third-order valence-corrected chi connectivity index (χ3v) is 3.05. The topological polar surface area (TPSA) is 119 Å². The van der Waals surface area contributed by atoms with Crippen molar-refractivity contribution >= 4 is 23.4 Å². The lowest BCUT2D eigenvalue weighted by Gasteiger charge is -2.09. The summed E-state index contributed by atoms with van der Waals surface area (Å²) in [4.78, 5) is 25.4. The van der Waals surface area contributed by atoms with Gasteiger partial charge in [0.2, 0.25) is 0 Å². The molecular formula is C16H13N4O4+. The van der Waals surface area contributed by atoms with Gasteiger partial charge in [0.1, 0.15) is 17.4 Å². The highest BCUT2D eigenvalue weighted by Crippen LogP contribution is 2.29. The maximum Gasteiger partial charge on any atom is 0.271 e. The van der Waals surface area contributed by atoms with E-state index in [2.05, 4.69) is 10.3 Å². The first-order valence-electron chi connectivity index (χ1n) is 6.77. The number of aromatic amines is 1. The zero-order valence-electron chi connectivity index (χ0n) is 12.6. The molecule has 0 atom stereocenters. The highest BCUT2D eigenvalue weighted by molar-refractivity contribution is 6.10. The predicted octanol–water partition coefficient (Wildman–Crippen LogP) is 1.96. The van der Waals surface area contributed by atoms with Gasteiger partial charge < -0.3 is 10.1 Å². The zero-order valence-corrected chi connectivity index (χ0v) is 12.6. The van der Waals surface area contributed by atoms with Crippen molar-refractivity contribution in [1.29, 1.82) is 5.26 Å². The van der Waals surface area contributed by atoms with E-state index in [1.54, 1.807) is 30.6 Å². The van der Waals surface area contributed by atoms with Crippen molar-refractivity contribution in [3.8, 4) is 11.8 Å². The Morgan fingerprint density at radius 1 is 1.46 bits per heavy atom. The van der Waals surface area contributed by atoms with Crippen LogP contribution in [-0.4, -0.2) is 17.9 Å². The Bertz CT molecular complexity index is 841. The fraction of sp³-hybridized carbons (Fsp3) is 0.0625. The van der Waals surface area contributed by atoms with E-state index in [1.807, 2.05) is 0 Å². The van der Waals surface area contributed by atoms with Gasteiger partial charge in [0.05, 0.1) is 17.7 Å². The number of hydrogen-bond acceptors (Lipinski definition) is 5. The first-order chi connectivity index (χ1) is 11.5. The molecule has 0 aliphatic carbocycles. The summed E-state index contributed by atoms with van der Waals surface area (Å²) in [6.07, 6.45) is 4.71. The van der Waals surface area contributed by atoms with E-state index in [1.165, 1.54) is 31.4 Å². The number of anilines is 1. The lowest BCUT2D eigenvalue weighted by atomic mass is 10.1. The third kappa shape index (κ3) is 3.92. The number of pyridine rings is 1. The van der Waals surface area contributed by atoms with Crippen LogP contribution >= 0.6 is 0 Å². The first-order valence-corrected chi connectivity index (χ1v) is 6.77. The highest BCUT2D eigenvalue weighted by Gasteiger charge is 2.16. The fourth-order valence-corrected chi connectivity index (χ4v) is 1.91. The van der Waals surface area contributed by atoms with Crippen molar-refractivity contribution in [3.05, 3.63) is 64.0 Å². The minimum Gasteiger partial charge on any atom is -0.495 e. The second-order valence-electron chi connectivity index (χ2n) is 4.60. The third-order valence-electron chi connectivity index (χ3n) is 3.05. The van der Waals surface area contributed by atoms with E-state index < -0.39 is 10.8 Å². The summed E-state index contributed by atoms with van der Waals surface area (Å²) < 4.78 is 5.07. The van der Waals surface area contributed by atoms with E-state index in [4.69, 9.17) is 4.74 Å². The van der Waals surface area contributed by atoms with Gasteiger partial charge in [0.15, 0.2) is 12.4 Å². The van der Waals surface area contributed by atoms with Gasteiger partial charge >= 0.3 is 0 Å². The normalized spacial score (nSPS) is 10.6. The van der Waals surface area contributed by atoms with Crippen LogP contribution in [0.15, 0.2) is 48.3 Å². The van der Waals surface area contributed by atoms with Crippen LogP contribution in [0.3, 0.4) is 0 Å². The zero-order chi connectivity index (χ0) is 17.5. The predicted molar refractivity (Wildman–Crippen MR) is 84.9 cm³/mol. The molecule has 1 amide bonds. The number of amides is 1. The summed E-state index contributed by atoms with van der Waals surface area (Å²) in [5, 5.41) is 22.5. The Hall–Kier alpha value is -3.73. The molecule has 0 unspecified atom stereocenters. The number of carbonyl (C=O) groups is 1. The lowest BCUT2D eigenvalue weighted by Crippen LogP contribution is -2.14. The van der Waals surface area contributed by atoms with Crippen molar-refractivity contribution in [2.24, 2.45) is 0 Å². The Kier molecular flexibility index (Phi) is 5.20.